The number of methoxy groups -OCH3 is 1. The summed E-state index contributed by atoms with van der Waals surface area (Å²) in [6.07, 6.45) is 2.86. The Morgan fingerprint density at radius 3 is 2.89 bits per heavy atom. The number of aromatic amines is 1. The van der Waals surface area contributed by atoms with Gasteiger partial charge in [-0.15, -0.1) is 11.8 Å². The van der Waals surface area contributed by atoms with Gasteiger partial charge in [-0.2, -0.15) is 5.10 Å². The number of rotatable bonds is 5. The van der Waals surface area contributed by atoms with E-state index in [1.165, 1.54) is 0 Å². The van der Waals surface area contributed by atoms with E-state index in [1.54, 1.807) is 7.11 Å². The Labute approximate surface area is 169 Å². The molecule has 148 valence electrons. The van der Waals surface area contributed by atoms with Gasteiger partial charge in [0.25, 0.3) is 0 Å². The van der Waals surface area contributed by atoms with Gasteiger partial charge in [0.2, 0.25) is 0 Å². The fourth-order valence-electron chi connectivity index (χ4n) is 3.45. The lowest BCUT2D eigenvalue weighted by atomic mass is 10.0. The van der Waals surface area contributed by atoms with Crippen LogP contribution in [0.15, 0.2) is 29.3 Å². The van der Waals surface area contributed by atoms with E-state index in [2.05, 4.69) is 40.4 Å². The van der Waals surface area contributed by atoms with Gasteiger partial charge in [-0.1, -0.05) is 6.92 Å². The fraction of sp³-hybridized carbons (Fsp3) is 0.429. The van der Waals surface area contributed by atoms with Crippen LogP contribution in [0.3, 0.4) is 0 Å². The first kappa shape index (κ1) is 19.1. The van der Waals surface area contributed by atoms with Gasteiger partial charge in [-0.3, -0.25) is 10.1 Å². The summed E-state index contributed by atoms with van der Waals surface area (Å²) in [7, 11) is 1.72. The summed E-state index contributed by atoms with van der Waals surface area (Å²) >= 11 is 1.88. The molecular weight excluding hydrogens is 372 g/mol. The van der Waals surface area contributed by atoms with Crippen molar-refractivity contribution in [1.29, 1.82) is 0 Å². The van der Waals surface area contributed by atoms with Gasteiger partial charge in [0.1, 0.15) is 5.75 Å². The van der Waals surface area contributed by atoms with Gasteiger partial charge in [-0.05, 0) is 38.3 Å². The molecule has 0 unspecified atom stereocenters. The average molecular weight is 399 g/mol. The number of ether oxygens (including phenoxy) is 2. The van der Waals surface area contributed by atoms with Crippen LogP contribution in [0, 0.1) is 19.8 Å². The average Bonchev–Trinajstić information content (AvgIpc) is 3.02. The molecule has 0 aliphatic carbocycles. The molecule has 0 spiro atoms. The zero-order chi connectivity index (χ0) is 19.7. The molecule has 0 radical (unpaired) electrons. The number of aryl methyl sites for hydroxylation is 1. The molecule has 6 nitrogen and oxygen atoms in total. The molecule has 4 rings (SSSR count). The van der Waals surface area contributed by atoms with Crippen LogP contribution < -0.4 is 10.1 Å². The van der Waals surface area contributed by atoms with E-state index in [4.69, 9.17) is 9.47 Å². The number of nitrogens with zero attached hydrogens (tertiary/aromatic N) is 2. The highest BCUT2D eigenvalue weighted by molar-refractivity contribution is 8.00. The number of hydrogen-bond donors (Lipinski definition) is 2. The first-order chi connectivity index (χ1) is 13.6. The quantitative estimate of drug-likeness (QED) is 0.640. The van der Waals surface area contributed by atoms with E-state index in [0.29, 0.717) is 11.2 Å². The minimum absolute atomic E-state index is 0.514. The Kier molecular flexibility index (Phi) is 5.46. The molecule has 1 aromatic carbocycles. The lowest BCUT2D eigenvalue weighted by Crippen LogP contribution is -2.27. The summed E-state index contributed by atoms with van der Waals surface area (Å²) in [5.41, 5.74) is 4.07. The maximum Gasteiger partial charge on any atom is 0.155 e. The van der Waals surface area contributed by atoms with Crippen molar-refractivity contribution in [2.45, 2.75) is 37.3 Å². The van der Waals surface area contributed by atoms with Crippen LogP contribution in [-0.2, 0) is 4.74 Å². The topological polar surface area (TPSA) is 72.1 Å². The van der Waals surface area contributed by atoms with Crippen molar-refractivity contribution in [1.82, 2.24) is 15.2 Å². The van der Waals surface area contributed by atoms with E-state index in [1.807, 2.05) is 37.0 Å². The van der Waals surface area contributed by atoms with Crippen molar-refractivity contribution in [3.8, 4) is 5.75 Å². The summed E-state index contributed by atoms with van der Waals surface area (Å²) in [6.45, 7) is 7.97. The van der Waals surface area contributed by atoms with Crippen LogP contribution in [-0.4, -0.2) is 40.8 Å². The standard InChI is InChI=1S/C21H26N4O2S/c1-12-11-27-8-6-19(12)28-20-9-15-16(23-21-13(2)14(3)24-25-21)5-7-22-17(15)10-18(20)26-4/h5,7,9-10,12,19H,6,8,11H2,1-4H3,(H2,22,23,24,25)/t12-,19+/m1/s1. The molecule has 2 aromatic heterocycles. The van der Waals surface area contributed by atoms with Crippen LogP contribution in [0.5, 0.6) is 5.75 Å². The zero-order valence-corrected chi connectivity index (χ0v) is 17.5. The van der Waals surface area contributed by atoms with Crippen LogP contribution in [0.25, 0.3) is 10.9 Å². The van der Waals surface area contributed by atoms with Crippen LogP contribution in [0.1, 0.15) is 24.6 Å². The highest BCUT2D eigenvalue weighted by Crippen LogP contribution is 2.41. The molecule has 3 aromatic rings. The number of hydrogen-bond acceptors (Lipinski definition) is 6. The zero-order valence-electron chi connectivity index (χ0n) is 16.7. The number of fused-ring (bicyclic) bond motifs is 1. The van der Waals surface area contributed by atoms with Gasteiger partial charge in [0.15, 0.2) is 5.82 Å². The van der Waals surface area contributed by atoms with Gasteiger partial charge < -0.3 is 14.8 Å². The largest absolute Gasteiger partial charge is 0.496 e. The lowest BCUT2D eigenvalue weighted by Gasteiger charge is -2.28. The normalized spacial score (nSPS) is 19.7. The van der Waals surface area contributed by atoms with E-state index in [0.717, 1.165) is 63.9 Å². The van der Waals surface area contributed by atoms with Crippen LogP contribution in [0.2, 0.25) is 0 Å². The SMILES string of the molecule is COc1cc2nccc(Nc3n[nH]c(C)c3C)c2cc1S[C@H]1CCOC[C@H]1C. The molecule has 0 amide bonds. The molecule has 28 heavy (non-hydrogen) atoms. The second-order valence-corrected chi connectivity index (χ2v) is 8.60. The second-order valence-electron chi connectivity index (χ2n) is 7.32. The first-order valence-electron chi connectivity index (χ1n) is 9.56. The summed E-state index contributed by atoms with van der Waals surface area (Å²) in [5.74, 6) is 2.22. The third-order valence-electron chi connectivity index (χ3n) is 5.37. The van der Waals surface area contributed by atoms with Crippen molar-refractivity contribution in [3.05, 3.63) is 35.7 Å². The van der Waals surface area contributed by atoms with Gasteiger partial charge in [0, 0.05) is 40.8 Å². The molecule has 7 heteroatoms. The first-order valence-corrected chi connectivity index (χ1v) is 10.4. The third-order valence-corrected chi connectivity index (χ3v) is 6.95. The third kappa shape index (κ3) is 3.69. The number of benzene rings is 1. The van der Waals surface area contributed by atoms with E-state index in [-0.39, 0.29) is 0 Å². The molecule has 2 N–H and O–H groups in total. The molecule has 2 atom stereocenters. The predicted molar refractivity (Wildman–Crippen MR) is 114 cm³/mol. The molecule has 0 saturated carbocycles. The molecule has 1 fully saturated rings. The van der Waals surface area contributed by atoms with Crippen LogP contribution in [0.4, 0.5) is 11.5 Å². The van der Waals surface area contributed by atoms with Crippen LogP contribution >= 0.6 is 11.8 Å². The fourth-order valence-corrected chi connectivity index (χ4v) is 4.74. The van der Waals surface area contributed by atoms with Crippen molar-refractivity contribution in [3.63, 3.8) is 0 Å². The molecular formula is C21H26N4O2S. The molecule has 3 heterocycles. The smallest absolute Gasteiger partial charge is 0.155 e. The number of nitrogens with one attached hydrogen (secondary N) is 2. The Bertz CT molecular complexity index is 988. The predicted octanol–water partition coefficient (Wildman–Crippen LogP) is 4.84. The highest BCUT2D eigenvalue weighted by atomic mass is 32.2. The Hall–Kier alpha value is -2.25. The minimum Gasteiger partial charge on any atom is -0.496 e. The van der Waals surface area contributed by atoms with Crippen molar-refractivity contribution in [2.75, 3.05) is 25.6 Å². The number of aromatic nitrogens is 3. The maximum atomic E-state index is 5.68. The Morgan fingerprint density at radius 2 is 2.18 bits per heavy atom. The van der Waals surface area contributed by atoms with Gasteiger partial charge >= 0.3 is 0 Å². The minimum atomic E-state index is 0.514. The lowest BCUT2D eigenvalue weighted by molar-refractivity contribution is 0.0657. The summed E-state index contributed by atoms with van der Waals surface area (Å²) < 4.78 is 11.3. The van der Waals surface area contributed by atoms with Crippen molar-refractivity contribution in [2.24, 2.45) is 5.92 Å². The number of pyridine rings is 1. The van der Waals surface area contributed by atoms with Crippen molar-refractivity contribution >= 4 is 34.2 Å². The summed E-state index contributed by atoms with van der Waals surface area (Å²) in [4.78, 5) is 5.68. The maximum absolute atomic E-state index is 5.68. The van der Waals surface area contributed by atoms with Gasteiger partial charge in [0.05, 0.1) is 29.8 Å². The number of anilines is 2. The molecule has 1 aliphatic rings. The number of thioether (sulfide) groups is 1. The van der Waals surface area contributed by atoms with E-state index >= 15 is 0 Å². The second kappa shape index (κ2) is 8.01. The monoisotopic (exact) mass is 398 g/mol. The molecule has 1 saturated heterocycles. The number of H-pyrrole nitrogens is 1. The Balaban J connectivity index is 1.72. The van der Waals surface area contributed by atoms with Gasteiger partial charge in [-0.25, -0.2) is 0 Å². The summed E-state index contributed by atoms with van der Waals surface area (Å²) in [5, 5.41) is 12.4. The Morgan fingerprint density at radius 1 is 1.32 bits per heavy atom. The molecule has 0 bridgehead atoms. The van der Waals surface area contributed by atoms with E-state index in [9.17, 15) is 0 Å². The summed E-state index contributed by atoms with van der Waals surface area (Å²) in [6, 6.07) is 6.20. The molecule has 1 aliphatic heterocycles. The van der Waals surface area contributed by atoms with Crippen molar-refractivity contribution < 1.29 is 9.47 Å². The van der Waals surface area contributed by atoms with E-state index < -0.39 is 0 Å². The highest BCUT2D eigenvalue weighted by Gasteiger charge is 2.24.